The highest BCUT2D eigenvalue weighted by molar-refractivity contribution is 5.94. The molecule has 1 aromatic carbocycles. The van der Waals surface area contributed by atoms with Gasteiger partial charge >= 0.3 is 12.1 Å². The third kappa shape index (κ3) is 4.68. The lowest BCUT2D eigenvalue weighted by Crippen LogP contribution is -2.32. The largest absolute Gasteiger partial charge is 0.478 e. The maximum atomic E-state index is 13.6. The van der Waals surface area contributed by atoms with Crippen LogP contribution in [0.25, 0.3) is 5.65 Å². The Kier molecular flexibility index (Phi) is 6.20. The van der Waals surface area contributed by atoms with Crippen molar-refractivity contribution in [1.29, 1.82) is 0 Å². The van der Waals surface area contributed by atoms with Crippen LogP contribution in [0.3, 0.4) is 0 Å². The Balaban J connectivity index is 1.86. The molecule has 2 N–H and O–H groups in total. The molecular formula is C23H22F4N4O3. The Morgan fingerprint density at radius 2 is 1.85 bits per heavy atom. The predicted octanol–water partition coefficient (Wildman–Crippen LogP) is 4.71. The molecule has 180 valence electrons. The highest BCUT2D eigenvalue weighted by atomic mass is 19.4. The first kappa shape index (κ1) is 23.5. The van der Waals surface area contributed by atoms with Crippen LogP contribution >= 0.6 is 0 Å². The van der Waals surface area contributed by atoms with Crippen molar-refractivity contribution in [1.82, 2.24) is 9.38 Å². The minimum absolute atomic E-state index is 0.0199. The standard InChI is InChI=1S/C23H22F4N4O3/c1-13(28-18-6-5-15(24)10-17(18)22(33)34)16-9-14(23(25,26)27)12-31-20(32)11-19(29-21(16)31)30-7-3-2-4-8-30/h5-6,9-13,28H,2-4,7-8H2,1H3,(H,33,34)/t13-/m1/s1. The number of carboxylic acids is 1. The Hall–Kier alpha value is -3.63. The zero-order valence-corrected chi connectivity index (χ0v) is 18.2. The number of nitrogens with zero attached hydrogens (tertiary/aromatic N) is 3. The lowest BCUT2D eigenvalue weighted by atomic mass is 10.1. The number of halogens is 4. The monoisotopic (exact) mass is 478 g/mol. The number of nitrogens with one attached hydrogen (secondary N) is 1. The van der Waals surface area contributed by atoms with E-state index in [1.54, 1.807) is 0 Å². The van der Waals surface area contributed by atoms with Gasteiger partial charge in [0.05, 0.1) is 17.2 Å². The lowest BCUT2D eigenvalue weighted by Gasteiger charge is -2.28. The van der Waals surface area contributed by atoms with E-state index < -0.39 is 35.1 Å². The van der Waals surface area contributed by atoms with E-state index in [-0.39, 0.29) is 22.5 Å². The summed E-state index contributed by atoms with van der Waals surface area (Å²) in [4.78, 5) is 30.8. The van der Waals surface area contributed by atoms with Gasteiger partial charge < -0.3 is 15.3 Å². The van der Waals surface area contributed by atoms with E-state index in [1.165, 1.54) is 19.1 Å². The summed E-state index contributed by atoms with van der Waals surface area (Å²) in [5, 5.41) is 12.2. The molecule has 3 aromatic rings. The fraction of sp³-hybridized carbons (Fsp3) is 0.348. The van der Waals surface area contributed by atoms with E-state index in [9.17, 15) is 32.3 Å². The van der Waals surface area contributed by atoms with E-state index in [2.05, 4.69) is 10.3 Å². The lowest BCUT2D eigenvalue weighted by molar-refractivity contribution is -0.137. The van der Waals surface area contributed by atoms with Crippen molar-refractivity contribution in [3.8, 4) is 0 Å². The summed E-state index contributed by atoms with van der Waals surface area (Å²) in [6.07, 6.45) is -1.13. The van der Waals surface area contributed by atoms with Crippen LogP contribution in [0.5, 0.6) is 0 Å². The summed E-state index contributed by atoms with van der Waals surface area (Å²) >= 11 is 0. The summed E-state index contributed by atoms with van der Waals surface area (Å²) in [5.41, 5.74) is -1.98. The van der Waals surface area contributed by atoms with Crippen LogP contribution in [0.2, 0.25) is 0 Å². The molecule has 0 saturated carbocycles. The van der Waals surface area contributed by atoms with Crippen LogP contribution in [0.1, 0.15) is 53.7 Å². The zero-order valence-electron chi connectivity index (χ0n) is 18.2. The fourth-order valence-electron chi connectivity index (χ4n) is 4.10. The molecule has 0 radical (unpaired) electrons. The molecule has 4 rings (SSSR count). The number of hydrogen-bond donors (Lipinski definition) is 2. The van der Waals surface area contributed by atoms with Gasteiger partial charge in [-0.1, -0.05) is 0 Å². The molecule has 0 bridgehead atoms. The van der Waals surface area contributed by atoms with Crippen molar-refractivity contribution in [2.24, 2.45) is 0 Å². The number of carboxylic acid groups (broad SMARTS) is 1. The number of aromatic nitrogens is 2. The van der Waals surface area contributed by atoms with Crippen molar-refractivity contribution >= 4 is 23.1 Å². The van der Waals surface area contributed by atoms with Gasteiger partial charge in [-0.3, -0.25) is 9.20 Å². The van der Waals surface area contributed by atoms with E-state index in [0.29, 0.717) is 25.1 Å². The molecule has 2 aromatic heterocycles. The van der Waals surface area contributed by atoms with E-state index in [1.807, 2.05) is 4.90 Å². The van der Waals surface area contributed by atoms with Crippen molar-refractivity contribution in [3.05, 3.63) is 69.4 Å². The van der Waals surface area contributed by atoms with Gasteiger partial charge in [-0.05, 0) is 50.5 Å². The van der Waals surface area contributed by atoms with Gasteiger partial charge in [-0.25, -0.2) is 14.2 Å². The summed E-state index contributed by atoms with van der Waals surface area (Å²) < 4.78 is 55.3. The fourth-order valence-corrected chi connectivity index (χ4v) is 4.10. The van der Waals surface area contributed by atoms with E-state index >= 15 is 0 Å². The van der Waals surface area contributed by atoms with Gasteiger partial charge in [0, 0.05) is 36.6 Å². The van der Waals surface area contributed by atoms with Gasteiger partial charge in [0.25, 0.3) is 5.56 Å². The minimum Gasteiger partial charge on any atom is -0.478 e. The molecular weight excluding hydrogens is 456 g/mol. The number of piperidine rings is 1. The summed E-state index contributed by atoms with van der Waals surface area (Å²) in [6.45, 7) is 2.89. The smallest absolute Gasteiger partial charge is 0.417 e. The summed E-state index contributed by atoms with van der Waals surface area (Å²) in [7, 11) is 0. The molecule has 0 spiro atoms. The molecule has 7 nitrogen and oxygen atoms in total. The zero-order chi connectivity index (χ0) is 24.6. The third-order valence-electron chi connectivity index (χ3n) is 5.83. The van der Waals surface area contributed by atoms with Gasteiger partial charge in [-0.15, -0.1) is 0 Å². The first-order valence-electron chi connectivity index (χ1n) is 10.7. The summed E-state index contributed by atoms with van der Waals surface area (Å²) in [5.74, 6) is -1.78. The van der Waals surface area contributed by atoms with Crippen LogP contribution in [0, 0.1) is 5.82 Å². The number of aromatic carboxylic acids is 1. The van der Waals surface area contributed by atoms with Crippen molar-refractivity contribution < 1.29 is 27.5 Å². The number of fused-ring (bicyclic) bond motifs is 1. The minimum atomic E-state index is -4.73. The average Bonchev–Trinajstić information content (AvgIpc) is 2.79. The second kappa shape index (κ2) is 8.96. The number of benzene rings is 1. The Morgan fingerprint density at radius 1 is 1.15 bits per heavy atom. The number of carbonyl (C=O) groups is 1. The molecule has 1 saturated heterocycles. The maximum absolute atomic E-state index is 13.6. The van der Waals surface area contributed by atoms with Crippen LogP contribution in [0.15, 0.2) is 41.3 Å². The number of pyridine rings is 1. The van der Waals surface area contributed by atoms with Gasteiger partial charge in [0.15, 0.2) is 0 Å². The normalized spacial score (nSPS) is 15.4. The molecule has 0 amide bonds. The topological polar surface area (TPSA) is 86.9 Å². The first-order chi connectivity index (χ1) is 16.0. The Bertz CT molecular complexity index is 1300. The molecule has 0 aliphatic carbocycles. The Morgan fingerprint density at radius 3 is 2.50 bits per heavy atom. The van der Waals surface area contributed by atoms with Gasteiger partial charge in [0.2, 0.25) is 0 Å². The number of hydrogen-bond acceptors (Lipinski definition) is 5. The van der Waals surface area contributed by atoms with Gasteiger partial charge in [-0.2, -0.15) is 13.2 Å². The second-order valence-electron chi connectivity index (χ2n) is 8.24. The van der Waals surface area contributed by atoms with Crippen LogP contribution in [0.4, 0.5) is 29.1 Å². The quantitative estimate of drug-likeness (QED) is 0.517. The Labute approximate surface area is 191 Å². The number of alkyl halides is 3. The average molecular weight is 478 g/mol. The highest BCUT2D eigenvalue weighted by Gasteiger charge is 2.33. The SMILES string of the molecule is C[C@@H](Nc1ccc(F)cc1C(=O)O)c1cc(C(F)(F)F)cn2c(=O)cc(N3CCCCC3)nc12. The molecule has 11 heteroatoms. The number of anilines is 2. The van der Waals surface area contributed by atoms with Crippen LogP contribution in [-0.4, -0.2) is 33.6 Å². The molecule has 1 atom stereocenters. The highest BCUT2D eigenvalue weighted by Crippen LogP contribution is 2.33. The molecule has 3 heterocycles. The predicted molar refractivity (Wildman–Crippen MR) is 118 cm³/mol. The van der Waals surface area contributed by atoms with Gasteiger partial charge in [0.1, 0.15) is 17.3 Å². The van der Waals surface area contributed by atoms with Crippen LogP contribution in [-0.2, 0) is 6.18 Å². The first-order valence-corrected chi connectivity index (χ1v) is 10.7. The maximum Gasteiger partial charge on any atom is 0.417 e. The molecule has 34 heavy (non-hydrogen) atoms. The molecule has 0 unspecified atom stereocenters. The molecule has 1 aliphatic heterocycles. The number of rotatable bonds is 5. The van der Waals surface area contributed by atoms with Crippen LogP contribution < -0.4 is 15.8 Å². The third-order valence-corrected chi connectivity index (χ3v) is 5.83. The van der Waals surface area contributed by atoms with E-state index in [4.69, 9.17) is 0 Å². The molecule has 1 fully saturated rings. The van der Waals surface area contributed by atoms with Crippen molar-refractivity contribution in [2.45, 2.75) is 38.4 Å². The second-order valence-corrected chi connectivity index (χ2v) is 8.24. The van der Waals surface area contributed by atoms with E-state index in [0.717, 1.165) is 41.9 Å². The van der Waals surface area contributed by atoms with Crippen molar-refractivity contribution in [2.75, 3.05) is 23.3 Å². The molecule has 1 aliphatic rings. The van der Waals surface area contributed by atoms with Crippen molar-refractivity contribution in [3.63, 3.8) is 0 Å². The summed E-state index contributed by atoms with van der Waals surface area (Å²) in [6, 6.07) is 4.28.